The predicted molar refractivity (Wildman–Crippen MR) is 129 cm³/mol. The van der Waals surface area contributed by atoms with Crippen LogP contribution in [0.3, 0.4) is 0 Å². The van der Waals surface area contributed by atoms with Crippen molar-refractivity contribution < 1.29 is 23.9 Å². The number of hydrogen-bond donors (Lipinski definition) is 1. The maximum absolute atomic E-state index is 12.8. The zero-order chi connectivity index (χ0) is 23.4. The fraction of sp³-hybridized carbons (Fsp3) is 0.261. The van der Waals surface area contributed by atoms with Crippen LogP contribution >= 0.6 is 27.7 Å². The first kappa shape index (κ1) is 23.9. The molecular formula is C23H23BrN2O5S. The van der Waals surface area contributed by atoms with Crippen LogP contribution in [0.15, 0.2) is 39.7 Å². The van der Waals surface area contributed by atoms with E-state index >= 15 is 0 Å². The first-order chi connectivity index (χ1) is 15.2. The maximum Gasteiger partial charge on any atom is 0.294 e. The van der Waals surface area contributed by atoms with Crippen LogP contribution in [0.1, 0.15) is 23.6 Å². The monoisotopic (exact) mass is 518 g/mol. The van der Waals surface area contributed by atoms with Gasteiger partial charge in [-0.3, -0.25) is 19.3 Å². The Morgan fingerprint density at radius 1 is 1.19 bits per heavy atom. The number of rotatable bonds is 7. The topological polar surface area (TPSA) is 84.9 Å². The number of anilines is 1. The van der Waals surface area contributed by atoms with E-state index in [4.69, 9.17) is 9.47 Å². The van der Waals surface area contributed by atoms with Crippen LogP contribution in [-0.2, 0) is 9.59 Å². The fourth-order valence-corrected chi connectivity index (χ4v) is 4.47. The molecule has 0 saturated carbocycles. The Morgan fingerprint density at radius 3 is 2.50 bits per heavy atom. The van der Waals surface area contributed by atoms with Gasteiger partial charge in [0.25, 0.3) is 11.1 Å². The number of carbonyl (C=O) groups is 3. The lowest BCUT2D eigenvalue weighted by molar-refractivity contribution is -0.127. The number of amides is 3. The number of imide groups is 1. The smallest absolute Gasteiger partial charge is 0.294 e. The van der Waals surface area contributed by atoms with Gasteiger partial charge >= 0.3 is 0 Å². The lowest BCUT2D eigenvalue weighted by Gasteiger charge is -2.15. The number of nitrogens with one attached hydrogen (secondary N) is 1. The number of halogens is 1. The van der Waals surface area contributed by atoms with E-state index in [-0.39, 0.29) is 11.4 Å². The third kappa shape index (κ3) is 5.16. The molecule has 0 bridgehead atoms. The molecule has 7 nitrogen and oxygen atoms in total. The highest BCUT2D eigenvalue weighted by Gasteiger charge is 2.36. The van der Waals surface area contributed by atoms with E-state index in [0.29, 0.717) is 33.8 Å². The van der Waals surface area contributed by atoms with Gasteiger partial charge in [-0.25, -0.2) is 0 Å². The minimum atomic E-state index is -0.517. The van der Waals surface area contributed by atoms with E-state index in [2.05, 4.69) is 21.2 Å². The lowest BCUT2D eigenvalue weighted by atomic mass is 10.1. The van der Waals surface area contributed by atoms with E-state index in [1.165, 1.54) is 7.11 Å². The fourth-order valence-electron chi connectivity index (χ4n) is 3.20. The van der Waals surface area contributed by atoms with Crippen molar-refractivity contribution in [2.24, 2.45) is 0 Å². The molecule has 0 aromatic heterocycles. The number of methoxy groups -OCH3 is 1. The van der Waals surface area contributed by atoms with E-state index in [1.807, 2.05) is 39.0 Å². The third-order valence-corrected chi connectivity index (χ3v) is 6.38. The summed E-state index contributed by atoms with van der Waals surface area (Å²) in [6.45, 7) is 5.76. The van der Waals surface area contributed by atoms with Crippen LogP contribution in [0.5, 0.6) is 11.5 Å². The number of thioether (sulfide) groups is 1. The Morgan fingerprint density at radius 2 is 1.88 bits per heavy atom. The largest absolute Gasteiger partial charge is 0.493 e. The summed E-state index contributed by atoms with van der Waals surface area (Å²) in [5.41, 5.74) is 3.14. The van der Waals surface area contributed by atoms with Gasteiger partial charge in [0.15, 0.2) is 11.5 Å². The van der Waals surface area contributed by atoms with Crippen molar-refractivity contribution in [3.8, 4) is 11.5 Å². The van der Waals surface area contributed by atoms with Gasteiger partial charge in [-0.2, -0.15) is 0 Å². The van der Waals surface area contributed by atoms with Crippen molar-refractivity contribution in [1.82, 2.24) is 4.90 Å². The van der Waals surface area contributed by atoms with Gasteiger partial charge in [-0.15, -0.1) is 0 Å². The molecule has 168 valence electrons. The van der Waals surface area contributed by atoms with Crippen LogP contribution in [0.25, 0.3) is 6.08 Å². The molecule has 9 heteroatoms. The molecule has 1 heterocycles. The summed E-state index contributed by atoms with van der Waals surface area (Å²) in [4.78, 5) is 39.0. The van der Waals surface area contributed by atoms with Crippen molar-refractivity contribution in [1.29, 1.82) is 0 Å². The Hall–Kier alpha value is -2.78. The van der Waals surface area contributed by atoms with Gasteiger partial charge in [-0.1, -0.05) is 34.1 Å². The molecule has 1 N–H and O–H groups in total. The molecule has 2 aromatic rings. The number of carbonyl (C=O) groups excluding carboxylic acids is 3. The zero-order valence-electron chi connectivity index (χ0n) is 18.2. The molecule has 32 heavy (non-hydrogen) atoms. The van der Waals surface area contributed by atoms with Crippen LogP contribution < -0.4 is 14.8 Å². The highest BCUT2D eigenvalue weighted by molar-refractivity contribution is 9.10. The molecule has 0 aliphatic carbocycles. The SMILES string of the molecule is CCOc1cc(Br)c(/C=C2\SC(=O)N(CC(=O)Nc3c(C)cccc3C)C2=O)cc1OC. The maximum atomic E-state index is 12.8. The molecule has 1 fully saturated rings. The molecule has 0 spiro atoms. The van der Waals surface area contributed by atoms with Crippen molar-refractivity contribution in [3.05, 3.63) is 56.4 Å². The molecule has 2 aromatic carbocycles. The van der Waals surface area contributed by atoms with Gasteiger partial charge in [-0.05, 0) is 67.4 Å². The summed E-state index contributed by atoms with van der Waals surface area (Å²) in [6.07, 6.45) is 1.59. The number of nitrogens with zero attached hydrogens (tertiary/aromatic N) is 1. The van der Waals surface area contributed by atoms with Crippen molar-refractivity contribution >= 4 is 56.5 Å². The third-order valence-electron chi connectivity index (χ3n) is 4.79. The summed E-state index contributed by atoms with van der Waals surface area (Å²) in [5.74, 6) is 0.120. The van der Waals surface area contributed by atoms with E-state index < -0.39 is 17.1 Å². The minimum absolute atomic E-state index is 0.224. The first-order valence-electron chi connectivity index (χ1n) is 9.86. The Kier molecular flexibility index (Phi) is 7.63. The number of hydrogen-bond acceptors (Lipinski definition) is 6. The van der Waals surface area contributed by atoms with Gasteiger partial charge in [0.1, 0.15) is 6.54 Å². The summed E-state index contributed by atoms with van der Waals surface area (Å²) in [6, 6.07) is 9.13. The van der Waals surface area contributed by atoms with Gasteiger partial charge in [0.2, 0.25) is 5.91 Å². The van der Waals surface area contributed by atoms with Crippen molar-refractivity contribution in [2.75, 3.05) is 25.6 Å². The molecule has 1 aliphatic heterocycles. The molecule has 1 saturated heterocycles. The minimum Gasteiger partial charge on any atom is -0.493 e. The second kappa shape index (κ2) is 10.2. The van der Waals surface area contributed by atoms with Crippen molar-refractivity contribution in [2.45, 2.75) is 20.8 Å². The van der Waals surface area contributed by atoms with E-state index in [1.54, 1.807) is 18.2 Å². The summed E-state index contributed by atoms with van der Waals surface area (Å²) < 4.78 is 11.6. The number of para-hydroxylation sites is 1. The number of benzene rings is 2. The van der Waals surface area contributed by atoms with Gasteiger partial charge in [0.05, 0.1) is 18.6 Å². The molecule has 3 amide bonds. The van der Waals surface area contributed by atoms with Crippen LogP contribution in [0, 0.1) is 13.8 Å². The van der Waals surface area contributed by atoms with E-state index in [9.17, 15) is 14.4 Å². The normalized spacial score (nSPS) is 14.8. The molecule has 3 rings (SSSR count). The predicted octanol–water partition coefficient (Wildman–Crippen LogP) is 5.15. The Balaban J connectivity index is 1.78. The van der Waals surface area contributed by atoms with Crippen LogP contribution in [0.4, 0.5) is 10.5 Å². The highest BCUT2D eigenvalue weighted by atomic mass is 79.9. The van der Waals surface area contributed by atoms with E-state index in [0.717, 1.165) is 27.8 Å². The second-order valence-corrected chi connectivity index (χ2v) is 8.89. The quantitative estimate of drug-likeness (QED) is 0.510. The zero-order valence-corrected chi connectivity index (χ0v) is 20.6. The molecule has 0 radical (unpaired) electrons. The summed E-state index contributed by atoms with van der Waals surface area (Å²) in [7, 11) is 1.53. The molecule has 1 aliphatic rings. The average molecular weight is 519 g/mol. The number of ether oxygens (including phenoxy) is 2. The first-order valence-corrected chi connectivity index (χ1v) is 11.5. The van der Waals surface area contributed by atoms with Crippen LogP contribution in [-0.4, -0.2) is 42.2 Å². The molecule has 0 unspecified atom stereocenters. The standard InChI is InChI=1S/C23H23BrN2O5S/c1-5-31-18-11-16(24)15(9-17(18)30-4)10-19-22(28)26(23(29)32-19)12-20(27)25-21-13(2)7-6-8-14(21)3/h6-11H,5,12H2,1-4H3,(H,25,27)/b19-10-. The second-order valence-electron chi connectivity index (χ2n) is 7.04. The molecule has 0 atom stereocenters. The molecular weight excluding hydrogens is 496 g/mol. The van der Waals surface area contributed by atoms with Gasteiger partial charge < -0.3 is 14.8 Å². The lowest BCUT2D eigenvalue weighted by Crippen LogP contribution is -2.36. The Bertz CT molecular complexity index is 1100. The number of aryl methyl sites for hydroxylation is 2. The Labute approximate surface area is 199 Å². The van der Waals surface area contributed by atoms with Crippen molar-refractivity contribution in [3.63, 3.8) is 0 Å². The summed E-state index contributed by atoms with van der Waals surface area (Å²) >= 11 is 4.26. The average Bonchev–Trinajstić information content (AvgIpc) is 3.00. The summed E-state index contributed by atoms with van der Waals surface area (Å²) in [5, 5.41) is 2.31. The van der Waals surface area contributed by atoms with Gasteiger partial charge in [0, 0.05) is 10.2 Å². The highest BCUT2D eigenvalue weighted by Crippen LogP contribution is 2.38. The van der Waals surface area contributed by atoms with Crippen LogP contribution in [0.2, 0.25) is 0 Å².